The summed E-state index contributed by atoms with van der Waals surface area (Å²) in [5.41, 5.74) is 0.561. The molecule has 0 aliphatic carbocycles. The van der Waals surface area contributed by atoms with Crippen LogP contribution >= 0.6 is 34.8 Å². The van der Waals surface area contributed by atoms with E-state index >= 15 is 0 Å². The Labute approximate surface area is 249 Å². The molecule has 0 aliphatic rings. The van der Waals surface area contributed by atoms with Gasteiger partial charge in [0.1, 0.15) is 18.3 Å². The van der Waals surface area contributed by atoms with Gasteiger partial charge in [-0.2, -0.15) is 0 Å². The van der Waals surface area contributed by atoms with E-state index in [1.807, 2.05) is 0 Å². The number of benzene rings is 3. The molecule has 1 atom stereocenters. The van der Waals surface area contributed by atoms with Crippen LogP contribution in [0.25, 0.3) is 0 Å². The van der Waals surface area contributed by atoms with Crippen LogP contribution in [-0.4, -0.2) is 50.9 Å². The summed E-state index contributed by atoms with van der Waals surface area (Å²) >= 11 is 19.1. The highest BCUT2D eigenvalue weighted by atomic mass is 35.5. The lowest BCUT2D eigenvalue weighted by molar-refractivity contribution is -0.139. The van der Waals surface area contributed by atoms with Crippen LogP contribution in [0.1, 0.15) is 26.3 Å². The molecule has 3 aromatic carbocycles. The zero-order chi connectivity index (χ0) is 29.6. The first-order valence-electron chi connectivity index (χ1n) is 12.3. The Morgan fingerprint density at radius 1 is 0.900 bits per heavy atom. The molecule has 0 unspecified atom stereocenters. The van der Waals surface area contributed by atoms with Gasteiger partial charge in [0.15, 0.2) is 0 Å². The molecular weight excluding hydrogens is 597 g/mol. The van der Waals surface area contributed by atoms with Gasteiger partial charge in [0.05, 0.1) is 22.7 Å². The van der Waals surface area contributed by atoms with E-state index in [1.165, 1.54) is 42.3 Å². The van der Waals surface area contributed by atoms with Crippen LogP contribution in [-0.2, 0) is 26.2 Å². The minimum Gasteiger partial charge on any atom is -0.495 e. The van der Waals surface area contributed by atoms with Crippen molar-refractivity contribution in [3.63, 3.8) is 0 Å². The summed E-state index contributed by atoms with van der Waals surface area (Å²) in [7, 11) is -2.80. The summed E-state index contributed by atoms with van der Waals surface area (Å²) in [5.74, 6) is -0.743. The van der Waals surface area contributed by atoms with Crippen LogP contribution in [0.15, 0.2) is 71.6 Å². The van der Waals surface area contributed by atoms with E-state index in [2.05, 4.69) is 5.32 Å². The van der Waals surface area contributed by atoms with Gasteiger partial charge in [-0.25, -0.2) is 8.42 Å². The Hall–Kier alpha value is -2.98. The van der Waals surface area contributed by atoms with E-state index in [9.17, 15) is 18.0 Å². The maximum atomic E-state index is 14.0. The van der Waals surface area contributed by atoms with Gasteiger partial charge >= 0.3 is 0 Å². The molecule has 0 bridgehead atoms. The number of carbonyl (C=O) groups excluding carboxylic acids is 2. The molecule has 0 spiro atoms. The highest BCUT2D eigenvalue weighted by molar-refractivity contribution is 7.92. The molecule has 1 N–H and O–H groups in total. The second-order valence-corrected chi connectivity index (χ2v) is 12.3. The monoisotopic (exact) mass is 625 g/mol. The van der Waals surface area contributed by atoms with Gasteiger partial charge < -0.3 is 15.0 Å². The number of carbonyl (C=O) groups is 2. The molecule has 0 fully saturated rings. The number of nitrogens with one attached hydrogen (secondary N) is 1. The third-order valence-corrected chi connectivity index (χ3v) is 8.81. The summed E-state index contributed by atoms with van der Waals surface area (Å²) in [4.78, 5) is 28.2. The summed E-state index contributed by atoms with van der Waals surface area (Å²) < 4.78 is 33.8. The predicted molar refractivity (Wildman–Crippen MR) is 159 cm³/mol. The summed E-state index contributed by atoms with van der Waals surface area (Å²) in [6.07, 6.45) is 0. The first-order chi connectivity index (χ1) is 18.9. The molecule has 12 heteroatoms. The minimum absolute atomic E-state index is 0.0268. The standard InChI is InChI=1S/C28H30Cl3N3O5S/c1-18(2)32-28(36)19(3)33(16-22-23(29)11-8-12-24(22)30)27(35)17-34(20-13-14-26(39-4)25(31)15-20)40(37,38)21-9-6-5-7-10-21/h5-15,18-19H,16-17H2,1-4H3,(H,32,36)/t19-/m1/s1. The molecule has 0 heterocycles. The number of nitrogens with zero attached hydrogens (tertiary/aromatic N) is 2. The predicted octanol–water partition coefficient (Wildman–Crippen LogP) is 5.79. The van der Waals surface area contributed by atoms with E-state index in [4.69, 9.17) is 39.5 Å². The largest absolute Gasteiger partial charge is 0.495 e. The van der Waals surface area contributed by atoms with Crippen LogP contribution in [0.4, 0.5) is 5.69 Å². The van der Waals surface area contributed by atoms with Crippen molar-refractivity contribution in [2.24, 2.45) is 0 Å². The molecular formula is C28H30Cl3N3O5S. The van der Waals surface area contributed by atoms with Crippen LogP contribution < -0.4 is 14.4 Å². The average Bonchev–Trinajstić information content (AvgIpc) is 2.91. The maximum absolute atomic E-state index is 14.0. The number of sulfonamides is 1. The van der Waals surface area contributed by atoms with Gasteiger partial charge in [0.2, 0.25) is 11.8 Å². The van der Waals surface area contributed by atoms with E-state index in [-0.39, 0.29) is 28.2 Å². The Balaban J connectivity index is 2.09. The molecule has 3 aromatic rings. The van der Waals surface area contributed by atoms with Crippen molar-refractivity contribution in [3.8, 4) is 5.75 Å². The van der Waals surface area contributed by atoms with Crippen molar-refractivity contribution >= 4 is 62.3 Å². The molecule has 8 nitrogen and oxygen atoms in total. The number of halogens is 3. The van der Waals surface area contributed by atoms with E-state index in [0.717, 1.165) is 4.31 Å². The molecule has 0 radical (unpaired) electrons. The van der Waals surface area contributed by atoms with Crippen molar-refractivity contribution in [2.75, 3.05) is 18.0 Å². The van der Waals surface area contributed by atoms with Gasteiger partial charge in [-0.1, -0.05) is 59.1 Å². The Bertz CT molecular complexity index is 1450. The third-order valence-electron chi connectivity index (χ3n) is 6.02. The smallest absolute Gasteiger partial charge is 0.264 e. The lowest BCUT2D eigenvalue weighted by Gasteiger charge is -2.32. The third kappa shape index (κ3) is 7.40. The highest BCUT2D eigenvalue weighted by Gasteiger charge is 2.33. The Morgan fingerprint density at radius 3 is 2.08 bits per heavy atom. The molecule has 2 amide bonds. The quantitative estimate of drug-likeness (QED) is 0.291. The summed E-state index contributed by atoms with van der Waals surface area (Å²) in [6, 6.07) is 15.8. The fraction of sp³-hybridized carbons (Fsp3) is 0.286. The first kappa shape index (κ1) is 31.5. The van der Waals surface area contributed by atoms with Crippen LogP contribution in [0.3, 0.4) is 0 Å². The lowest BCUT2D eigenvalue weighted by atomic mass is 10.1. The summed E-state index contributed by atoms with van der Waals surface area (Å²) in [5, 5.41) is 3.56. The zero-order valence-electron chi connectivity index (χ0n) is 22.4. The molecule has 0 saturated carbocycles. The Kier molecular flexibility index (Phi) is 10.7. The zero-order valence-corrected chi connectivity index (χ0v) is 25.5. The topological polar surface area (TPSA) is 96.0 Å². The van der Waals surface area contributed by atoms with Gasteiger partial charge in [0.25, 0.3) is 10.0 Å². The number of rotatable bonds is 11. The van der Waals surface area contributed by atoms with Crippen molar-refractivity contribution in [2.45, 2.75) is 44.3 Å². The van der Waals surface area contributed by atoms with Crippen LogP contribution in [0.2, 0.25) is 15.1 Å². The maximum Gasteiger partial charge on any atom is 0.264 e. The second kappa shape index (κ2) is 13.6. The van der Waals surface area contributed by atoms with Gasteiger partial charge in [-0.3, -0.25) is 13.9 Å². The molecule has 214 valence electrons. The van der Waals surface area contributed by atoms with E-state index < -0.39 is 34.4 Å². The number of amides is 2. The Morgan fingerprint density at radius 2 is 1.52 bits per heavy atom. The normalized spacial score (nSPS) is 12.1. The average molecular weight is 627 g/mol. The fourth-order valence-corrected chi connectivity index (χ4v) is 6.10. The minimum atomic E-state index is -4.24. The fourth-order valence-electron chi connectivity index (χ4n) is 3.90. The SMILES string of the molecule is COc1ccc(N(CC(=O)N(Cc2c(Cl)cccc2Cl)[C@H](C)C(=O)NC(C)C)S(=O)(=O)c2ccccc2)cc1Cl. The van der Waals surface area contributed by atoms with Crippen molar-refractivity contribution in [1.29, 1.82) is 0 Å². The summed E-state index contributed by atoms with van der Waals surface area (Å²) in [6.45, 7) is 4.38. The van der Waals surface area contributed by atoms with Crippen molar-refractivity contribution in [1.82, 2.24) is 10.2 Å². The number of hydrogen-bond acceptors (Lipinski definition) is 5. The number of ether oxygens (including phenoxy) is 1. The van der Waals surface area contributed by atoms with Crippen LogP contribution in [0, 0.1) is 0 Å². The van der Waals surface area contributed by atoms with Crippen LogP contribution in [0.5, 0.6) is 5.75 Å². The molecule has 40 heavy (non-hydrogen) atoms. The highest BCUT2D eigenvalue weighted by Crippen LogP contribution is 2.32. The molecule has 0 aliphatic heterocycles. The molecule has 0 saturated heterocycles. The van der Waals surface area contributed by atoms with E-state index in [1.54, 1.807) is 57.2 Å². The second-order valence-electron chi connectivity index (χ2n) is 9.20. The van der Waals surface area contributed by atoms with Gasteiger partial charge in [-0.05, 0) is 63.2 Å². The van der Waals surface area contributed by atoms with Gasteiger partial charge in [-0.15, -0.1) is 0 Å². The molecule has 3 rings (SSSR count). The van der Waals surface area contributed by atoms with Crippen molar-refractivity contribution < 1.29 is 22.7 Å². The molecule has 0 aromatic heterocycles. The number of hydrogen-bond donors (Lipinski definition) is 1. The number of methoxy groups -OCH3 is 1. The number of anilines is 1. The van der Waals surface area contributed by atoms with E-state index in [0.29, 0.717) is 21.4 Å². The van der Waals surface area contributed by atoms with Gasteiger partial charge in [0, 0.05) is 28.2 Å². The lowest BCUT2D eigenvalue weighted by Crippen LogP contribution is -2.52. The first-order valence-corrected chi connectivity index (χ1v) is 14.9. The van der Waals surface area contributed by atoms with Crippen molar-refractivity contribution in [3.05, 3.63) is 87.4 Å².